The Bertz CT molecular complexity index is 1690. The van der Waals surface area contributed by atoms with E-state index in [1.807, 2.05) is 32.0 Å². The zero-order valence-corrected chi connectivity index (χ0v) is 29.4. The summed E-state index contributed by atoms with van der Waals surface area (Å²) < 4.78 is 46.8. The molecule has 6 rings (SSSR count). The average molecular weight is 701 g/mol. The van der Waals surface area contributed by atoms with E-state index < -0.39 is 34.4 Å². The van der Waals surface area contributed by atoms with Crippen molar-refractivity contribution in [1.82, 2.24) is 14.6 Å². The molecular weight excluding hydrogens is 652 g/mol. The molecule has 3 fully saturated rings. The Hall–Kier alpha value is -3.43. The third-order valence-corrected chi connectivity index (χ3v) is 11.5. The quantitative estimate of drug-likeness (QED) is 0.199. The molecule has 2 bridgehead atoms. The van der Waals surface area contributed by atoms with E-state index in [1.165, 1.54) is 16.4 Å². The molecule has 2 aromatic carbocycles. The summed E-state index contributed by atoms with van der Waals surface area (Å²) >= 11 is 0. The van der Waals surface area contributed by atoms with E-state index in [2.05, 4.69) is 22.5 Å². The molecule has 2 aliphatic carbocycles. The second kappa shape index (κ2) is 15.2. The molecule has 4 unspecified atom stereocenters. The second-order valence-corrected chi connectivity index (χ2v) is 16.0. The number of rotatable bonds is 14. The Morgan fingerprint density at radius 2 is 1.88 bits per heavy atom. The number of aliphatic hydroxyl groups excluding tert-OH is 1. The first kappa shape index (κ1) is 35.4. The summed E-state index contributed by atoms with van der Waals surface area (Å²) in [6.45, 7) is 6.46. The standard InChI is InChI=1S/C35H48N4O9S/c1-21(2)17-39(49(42,43)27-12-13-29-32(16-27)47-34(37-29)36-25-10-11-25)18-31(40)30(15-23-6-5-7-26(14-23)44-4)38-35(41)48-33-24-9-8-22(3)28(33)20-46-45-19-24/h5-7,12-14,16,21-22,24-25,28,30-31,33,40H,8-11,15,17-20H2,1-4H3,(H,36,37)(H,38,41)/t22?,24?,28?,30-,31+,33?/m0/s1. The molecule has 13 nitrogen and oxygen atoms in total. The van der Waals surface area contributed by atoms with E-state index in [-0.39, 0.29) is 48.1 Å². The fourth-order valence-electron chi connectivity index (χ4n) is 6.75. The molecule has 1 aromatic heterocycles. The van der Waals surface area contributed by atoms with Crippen LogP contribution in [0, 0.1) is 23.7 Å². The minimum absolute atomic E-state index is 0.00912. The van der Waals surface area contributed by atoms with Crippen molar-refractivity contribution in [3.63, 3.8) is 0 Å². The van der Waals surface area contributed by atoms with Gasteiger partial charge in [-0.25, -0.2) is 23.0 Å². The Labute approximate surface area is 287 Å². The van der Waals surface area contributed by atoms with Crippen molar-refractivity contribution in [3.8, 4) is 5.75 Å². The highest BCUT2D eigenvalue weighted by Gasteiger charge is 2.43. The van der Waals surface area contributed by atoms with Crippen LogP contribution in [0.3, 0.4) is 0 Å². The van der Waals surface area contributed by atoms with Gasteiger partial charge in [0.25, 0.3) is 6.01 Å². The fraction of sp³-hybridized carbons (Fsp3) is 0.600. The van der Waals surface area contributed by atoms with Crippen molar-refractivity contribution in [1.29, 1.82) is 0 Å². The van der Waals surface area contributed by atoms with Gasteiger partial charge in [-0.3, -0.25) is 0 Å². The van der Waals surface area contributed by atoms with Gasteiger partial charge in [0, 0.05) is 37.0 Å². The lowest BCUT2D eigenvalue weighted by molar-refractivity contribution is -0.296. The molecular formula is C35H48N4O9S. The monoisotopic (exact) mass is 700 g/mol. The SMILES string of the molecule is COc1cccc(C[C@H](NC(=O)OC2C3CCC(C)C2COOC3)[C@H](O)CN(CC(C)C)S(=O)(=O)c2ccc3nc(NC4CC4)oc3c2)c1. The van der Waals surface area contributed by atoms with Crippen LogP contribution in [0.2, 0.25) is 0 Å². The van der Waals surface area contributed by atoms with Crippen LogP contribution in [0.15, 0.2) is 51.8 Å². The number of nitrogens with zero attached hydrogens (tertiary/aromatic N) is 2. The molecule has 3 aromatic rings. The van der Waals surface area contributed by atoms with E-state index in [4.69, 9.17) is 23.7 Å². The van der Waals surface area contributed by atoms with Gasteiger partial charge in [0.2, 0.25) is 10.0 Å². The number of amides is 1. The Kier molecular flexibility index (Phi) is 11.0. The van der Waals surface area contributed by atoms with Crippen LogP contribution in [0.5, 0.6) is 5.75 Å². The van der Waals surface area contributed by atoms with Crippen molar-refractivity contribution in [3.05, 3.63) is 48.0 Å². The third kappa shape index (κ3) is 8.66. The van der Waals surface area contributed by atoms with Crippen LogP contribution in [0.25, 0.3) is 11.1 Å². The van der Waals surface area contributed by atoms with E-state index in [0.717, 1.165) is 31.2 Å². The highest BCUT2D eigenvalue weighted by atomic mass is 32.2. The van der Waals surface area contributed by atoms with Crippen molar-refractivity contribution < 1.29 is 42.0 Å². The Morgan fingerprint density at radius 3 is 2.63 bits per heavy atom. The lowest BCUT2D eigenvalue weighted by atomic mass is 9.73. The molecule has 49 heavy (non-hydrogen) atoms. The summed E-state index contributed by atoms with van der Waals surface area (Å²) in [6, 6.07) is 11.7. The number of methoxy groups -OCH3 is 1. The first-order chi connectivity index (χ1) is 23.5. The molecule has 2 heterocycles. The number of aromatic nitrogens is 1. The number of alkyl carbamates (subject to hydrolysis) is 1. The van der Waals surface area contributed by atoms with Crippen LogP contribution in [0.1, 0.15) is 52.0 Å². The van der Waals surface area contributed by atoms with E-state index in [1.54, 1.807) is 19.2 Å². The number of sulfonamides is 1. The molecule has 0 radical (unpaired) electrons. The van der Waals surface area contributed by atoms with Gasteiger partial charge in [0.1, 0.15) is 17.4 Å². The zero-order chi connectivity index (χ0) is 34.7. The average Bonchev–Trinajstić information content (AvgIpc) is 3.81. The minimum Gasteiger partial charge on any atom is -0.497 e. The third-order valence-electron chi connectivity index (χ3n) is 9.70. The van der Waals surface area contributed by atoms with Gasteiger partial charge >= 0.3 is 6.09 Å². The van der Waals surface area contributed by atoms with Crippen LogP contribution < -0.4 is 15.4 Å². The molecule has 2 saturated carbocycles. The maximum Gasteiger partial charge on any atom is 0.407 e. The van der Waals surface area contributed by atoms with E-state index >= 15 is 0 Å². The maximum atomic E-state index is 14.2. The predicted octanol–water partition coefficient (Wildman–Crippen LogP) is 4.75. The minimum atomic E-state index is -4.10. The van der Waals surface area contributed by atoms with Crippen LogP contribution >= 0.6 is 0 Å². The summed E-state index contributed by atoms with van der Waals surface area (Å²) in [5.74, 6) is 0.811. The molecule has 1 amide bonds. The van der Waals surface area contributed by atoms with Gasteiger partial charge in [-0.1, -0.05) is 32.9 Å². The Balaban J connectivity index is 1.23. The number of fused-ring (bicyclic) bond motifs is 3. The topological polar surface area (TPSA) is 162 Å². The molecule has 1 saturated heterocycles. The van der Waals surface area contributed by atoms with Gasteiger partial charge in [-0.2, -0.15) is 9.29 Å². The second-order valence-electron chi connectivity index (χ2n) is 14.1. The van der Waals surface area contributed by atoms with Crippen LogP contribution in [0.4, 0.5) is 10.8 Å². The molecule has 268 valence electrons. The molecule has 3 aliphatic rings. The summed E-state index contributed by atoms with van der Waals surface area (Å²) in [5.41, 5.74) is 1.68. The Morgan fingerprint density at radius 1 is 1.08 bits per heavy atom. The lowest BCUT2D eigenvalue weighted by Crippen LogP contribution is -2.52. The number of hydrogen-bond donors (Lipinski definition) is 3. The van der Waals surface area contributed by atoms with Crippen molar-refractivity contribution >= 4 is 33.2 Å². The largest absolute Gasteiger partial charge is 0.497 e. The number of hydrogen-bond acceptors (Lipinski definition) is 11. The number of carbonyl (C=O) groups excluding carboxylic acids is 1. The molecule has 14 heteroatoms. The summed E-state index contributed by atoms with van der Waals surface area (Å²) in [5, 5.41) is 17.9. The number of nitrogens with one attached hydrogen (secondary N) is 2. The van der Waals surface area contributed by atoms with Gasteiger partial charge in [-0.15, -0.1) is 0 Å². The van der Waals surface area contributed by atoms with Crippen molar-refractivity contribution in [2.75, 3.05) is 38.7 Å². The van der Waals surface area contributed by atoms with Gasteiger partial charge < -0.3 is 29.6 Å². The molecule has 0 spiro atoms. The fourth-order valence-corrected chi connectivity index (χ4v) is 8.39. The first-order valence-electron chi connectivity index (χ1n) is 17.2. The number of oxazole rings is 1. The van der Waals surface area contributed by atoms with Gasteiger partial charge in [0.05, 0.1) is 37.4 Å². The zero-order valence-electron chi connectivity index (χ0n) is 28.5. The van der Waals surface area contributed by atoms with E-state index in [0.29, 0.717) is 42.1 Å². The van der Waals surface area contributed by atoms with Crippen molar-refractivity contribution in [2.45, 2.75) is 82.1 Å². The van der Waals surface area contributed by atoms with Gasteiger partial charge in [-0.05, 0) is 73.8 Å². The smallest absolute Gasteiger partial charge is 0.407 e. The summed E-state index contributed by atoms with van der Waals surface area (Å²) in [4.78, 5) is 28.7. The summed E-state index contributed by atoms with van der Waals surface area (Å²) in [7, 11) is -2.54. The normalized spacial score (nSPS) is 24.0. The number of ether oxygens (including phenoxy) is 2. The molecule has 6 atom stereocenters. The lowest BCUT2D eigenvalue weighted by Gasteiger charge is -2.38. The summed E-state index contributed by atoms with van der Waals surface area (Å²) in [6.07, 6.45) is 1.72. The number of benzene rings is 2. The molecule has 1 aliphatic heterocycles. The molecule has 3 N–H and O–H groups in total. The van der Waals surface area contributed by atoms with E-state index in [9.17, 15) is 18.3 Å². The number of carbonyl (C=O) groups is 1. The number of aliphatic hydroxyl groups is 1. The number of anilines is 1. The van der Waals surface area contributed by atoms with Gasteiger partial charge in [0.15, 0.2) is 5.58 Å². The first-order valence-corrected chi connectivity index (χ1v) is 18.6. The highest BCUT2D eigenvalue weighted by molar-refractivity contribution is 7.89. The van der Waals surface area contributed by atoms with Crippen molar-refractivity contribution in [2.24, 2.45) is 23.7 Å². The van der Waals surface area contributed by atoms with Crippen LogP contribution in [-0.2, 0) is 31.0 Å². The highest BCUT2D eigenvalue weighted by Crippen LogP contribution is 2.38. The van der Waals surface area contributed by atoms with Crippen LogP contribution in [-0.4, -0.2) is 86.6 Å². The predicted molar refractivity (Wildman–Crippen MR) is 181 cm³/mol. The maximum absolute atomic E-state index is 14.2.